The number of nitrogens with zero attached hydrogens (tertiary/aromatic N) is 5. The Morgan fingerprint density at radius 1 is 1.10 bits per heavy atom. The molecule has 41 heavy (non-hydrogen) atoms. The number of alkyl halides is 3. The number of carbonyl (C=O) groups is 1. The predicted molar refractivity (Wildman–Crippen MR) is 139 cm³/mol. The molecule has 3 aromatic heterocycles. The number of hydrogen-bond acceptors (Lipinski definition) is 7. The Bertz CT molecular complexity index is 1740. The van der Waals surface area contributed by atoms with Gasteiger partial charge in [-0.1, -0.05) is 40.2 Å². The summed E-state index contributed by atoms with van der Waals surface area (Å²) in [6.07, 6.45) is -1.87. The van der Waals surface area contributed by atoms with Gasteiger partial charge in [-0.3, -0.25) is 9.78 Å². The van der Waals surface area contributed by atoms with Crippen molar-refractivity contribution in [3.63, 3.8) is 0 Å². The standard InChI is InChI=1S/C28H20ClF4N5O3/c1-27(2,40)26-21(22(36-41-26)19-7-3-4-8-20(19)29)25(39)23-24(16-6-5-9-34-13-16)38(37-35-23)14-15-10-17(28(31,32)33)12-18(30)11-15/h3-13,40H,14H2,1-2H3. The third kappa shape index (κ3) is 5.61. The van der Waals surface area contributed by atoms with Crippen molar-refractivity contribution in [1.29, 1.82) is 0 Å². The third-order valence-electron chi connectivity index (χ3n) is 6.11. The molecule has 0 aliphatic heterocycles. The number of benzene rings is 2. The van der Waals surface area contributed by atoms with Crippen LogP contribution in [0.25, 0.3) is 22.5 Å². The van der Waals surface area contributed by atoms with Crippen molar-refractivity contribution in [2.45, 2.75) is 32.2 Å². The van der Waals surface area contributed by atoms with Crippen molar-refractivity contribution < 1.29 is 32.0 Å². The van der Waals surface area contributed by atoms with Gasteiger partial charge >= 0.3 is 6.18 Å². The van der Waals surface area contributed by atoms with E-state index in [0.717, 1.165) is 12.1 Å². The van der Waals surface area contributed by atoms with E-state index in [1.54, 1.807) is 36.4 Å². The molecule has 0 aliphatic carbocycles. The van der Waals surface area contributed by atoms with Crippen molar-refractivity contribution in [2.75, 3.05) is 0 Å². The summed E-state index contributed by atoms with van der Waals surface area (Å²) in [6, 6.07) is 11.9. The monoisotopic (exact) mass is 585 g/mol. The first-order chi connectivity index (χ1) is 19.3. The molecule has 8 nitrogen and oxygen atoms in total. The normalized spacial score (nSPS) is 12.1. The van der Waals surface area contributed by atoms with Crippen molar-refractivity contribution >= 4 is 17.4 Å². The summed E-state index contributed by atoms with van der Waals surface area (Å²) in [5.41, 5.74) is -2.41. The van der Waals surface area contributed by atoms with Crippen molar-refractivity contribution in [3.8, 4) is 22.5 Å². The summed E-state index contributed by atoms with van der Waals surface area (Å²) in [6.45, 7) is 2.45. The molecule has 0 saturated heterocycles. The van der Waals surface area contributed by atoms with Gasteiger partial charge in [0, 0.05) is 23.5 Å². The second-order valence-corrected chi connectivity index (χ2v) is 10.0. The molecule has 0 unspecified atom stereocenters. The quantitative estimate of drug-likeness (QED) is 0.176. The summed E-state index contributed by atoms with van der Waals surface area (Å²) >= 11 is 6.38. The van der Waals surface area contributed by atoms with Gasteiger partial charge in [-0.15, -0.1) is 5.10 Å². The topological polar surface area (TPSA) is 107 Å². The fourth-order valence-corrected chi connectivity index (χ4v) is 4.54. The molecule has 5 rings (SSSR count). The molecule has 210 valence electrons. The van der Waals surface area contributed by atoms with Gasteiger partial charge in [-0.05, 0) is 55.8 Å². The number of aromatic nitrogens is 5. The van der Waals surface area contributed by atoms with E-state index in [4.69, 9.17) is 16.1 Å². The largest absolute Gasteiger partial charge is 0.416 e. The molecule has 0 radical (unpaired) electrons. The minimum Gasteiger partial charge on any atom is -0.382 e. The van der Waals surface area contributed by atoms with E-state index in [1.807, 2.05) is 0 Å². The van der Waals surface area contributed by atoms with Crippen LogP contribution in [0.15, 0.2) is 71.5 Å². The fraction of sp³-hybridized carbons (Fsp3) is 0.179. The first-order valence-electron chi connectivity index (χ1n) is 12.1. The summed E-state index contributed by atoms with van der Waals surface area (Å²) in [5.74, 6) is -2.00. The zero-order valence-corrected chi connectivity index (χ0v) is 22.2. The third-order valence-corrected chi connectivity index (χ3v) is 6.44. The first-order valence-corrected chi connectivity index (χ1v) is 12.4. The zero-order valence-electron chi connectivity index (χ0n) is 21.4. The molecule has 0 bridgehead atoms. The number of ketones is 1. The first kappa shape index (κ1) is 28.1. The molecule has 0 aliphatic rings. The minimum absolute atomic E-state index is 0.0457. The molecule has 1 N–H and O–H groups in total. The number of rotatable bonds is 7. The van der Waals surface area contributed by atoms with E-state index in [2.05, 4.69) is 20.5 Å². The summed E-state index contributed by atoms with van der Waals surface area (Å²) in [4.78, 5) is 18.2. The van der Waals surface area contributed by atoms with Crippen molar-refractivity contribution in [3.05, 3.63) is 106 Å². The Hall–Kier alpha value is -4.42. The molecule has 0 spiro atoms. The smallest absolute Gasteiger partial charge is 0.382 e. The second kappa shape index (κ2) is 10.5. The Labute approximate surface area is 235 Å². The molecule has 0 fully saturated rings. The summed E-state index contributed by atoms with van der Waals surface area (Å²) in [5, 5.41) is 23.2. The van der Waals surface area contributed by atoms with E-state index in [9.17, 15) is 27.5 Å². The fourth-order valence-electron chi connectivity index (χ4n) is 4.32. The summed E-state index contributed by atoms with van der Waals surface area (Å²) in [7, 11) is 0. The maximum absolute atomic E-state index is 14.2. The lowest BCUT2D eigenvalue weighted by molar-refractivity contribution is -0.137. The predicted octanol–water partition coefficient (Wildman–Crippen LogP) is 6.31. The van der Waals surface area contributed by atoms with Crippen LogP contribution in [-0.2, 0) is 18.3 Å². The van der Waals surface area contributed by atoms with Crippen LogP contribution in [-0.4, -0.2) is 36.0 Å². The van der Waals surface area contributed by atoms with Crippen LogP contribution in [0, 0.1) is 5.82 Å². The van der Waals surface area contributed by atoms with Crippen LogP contribution in [0.1, 0.15) is 46.8 Å². The van der Waals surface area contributed by atoms with E-state index >= 15 is 0 Å². The highest BCUT2D eigenvalue weighted by Crippen LogP contribution is 2.38. The Morgan fingerprint density at radius 3 is 2.51 bits per heavy atom. The molecule has 13 heteroatoms. The van der Waals surface area contributed by atoms with Gasteiger partial charge in [0.05, 0.1) is 22.7 Å². The Balaban J connectivity index is 1.69. The van der Waals surface area contributed by atoms with Crippen LogP contribution in [0.5, 0.6) is 0 Å². The van der Waals surface area contributed by atoms with Gasteiger partial charge < -0.3 is 9.63 Å². The number of pyridine rings is 1. The lowest BCUT2D eigenvalue weighted by Gasteiger charge is -2.15. The molecular weight excluding hydrogens is 566 g/mol. The molecule has 0 saturated carbocycles. The van der Waals surface area contributed by atoms with Crippen molar-refractivity contribution in [1.82, 2.24) is 25.1 Å². The number of aliphatic hydroxyl groups is 1. The van der Waals surface area contributed by atoms with Crippen LogP contribution in [0.3, 0.4) is 0 Å². The van der Waals surface area contributed by atoms with E-state index in [0.29, 0.717) is 17.2 Å². The van der Waals surface area contributed by atoms with E-state index < -0.39 is 28.9 Å². The minimum atomic E-state index is -4.77. The van der Waals surface area contributed by atoms with Crippen LogP contribution < -0.4 is 0 Å². The molecular formula is C28H20ClF4N5O3. The van der Waals surface area contributed by atoms with Gasteiger partial charge in [0.25, 0.3) is 0 Å². The Morgan fingerprint density at radius 2 is 1.85 bits per heavy atom. The van der Waals surface area contributed by atoms with Crippen LogP contribution >= 0.6 is 11.6 Å². The zero-order chi connectivity index (χ0) is 29.5. The maximum atomic E-state index is 14.2. The van der Waals surface area contributed by atoms with Gasteiger partial charge in [-0.25, -0.2) is 9.07 Å². The molecule has 3 heterocycles. The lowest BCUT2D eigenvalue weighted by atomic mass is 9.93. The van der Waals surface area contributed by atoms with Gasteiger partial charge in [0.2, 0.25) is 5.78 Å². The second-order valence-electron chi connectivity index (χ2n) is 9.64. The SMILES string of the molecule is CC(C)(O)c1onc(-c2ccccc2Cl)c1C(=O)c1nnn(Cc2cc(F)cc(C(F)(F)F)c2)c1-c1cccnc1. The van der Waals surface area contributed by atoms with E-state index in [-0.39, 0.29) is 45.5 Å². The average molecular weight is 586 g/mol. The van der Waals surface area contributed by atoms with E-state index in [1.165, 1.54) is 30.9 Å². The summed E-state index contributed by atoms with van der Waals surface area (Å²) < 4.78 is 60.8. The highest BCUT2D eigenvalue weighted by atomic mass is 35.5. The van der Waals surface area contributed by atoms with Crippen molar-refractivity contribution in [2.24, 2.45) is 0 Å². The number of carbonyl (C=O) groups excluding carboxylic acids is 1. The molecule has 0 atom stereocenters. The highest BCUT2D eigenvalue weighted by Gasteiger charge is 2.37. The van der Waals surface area contributed by atoms with Crippen LogP contribution in [0.2, 0.25) is 5.02 Å². The van der Waals surface area contributed by atoms with Gasteiger partial charge in [0.1, 0.15) is 22.8 Å². The van der Waals surface area contributed by atoms with Gasteiger partial charge in [0.15, 0.2) is 11.5 Å². The number of halogens is 5. The van der Waals surface area contributed by atoms with Gasteiger partial charge in [-0.2, -0.15) is 13.2 Å². The van der Waals surface area contributed by atoms with Crippen LogP contribution in [0.4, 0.5) is 17.6 Å². The highest BCUT2D eigenvalue weighted by molar-refractivity contribution is 6.33. The average Bonchev–Trinajstić information content (AvgIpc) is 3.53. The lowest BCUT2D eigenvalue weighted by Crippen LogP contribution is -2.20. The molecule has 5 aromatic rings. The molecule has 2 aromatic carbocycles. The Kier molecular flexibility index (Phi) is 7.22. The molecule has 0 amide bonds. The maximum Gasteiger partial charge on any atom is 0.416 e. The number of hydrogen-bond donors (Lipinski definition) is 1.